The van der Waals surface area contributed by atoms with E-state index >= 15 is 0 Å². The largest absolute Gasteiger partial charge is 0.455 e. The molecule has 0 aliphatic rings. The molecule has 0 aromatic heterocycles. The molecule has 3 aromatic rings. The van der Waals surface area contributed by atoms with Gasteiger partial charge in [-0.3, -0.25) is 14.3 Å². The molecule has 10 heteroatoms. The summed E-state index contributed by atoms with van der Waals surface area (Å²) in [6.07, 6.45) is 1.23. The molecule has 2 amide bonds. The molecule has 3 rings (SSSR count). The quantitative estimate of drug-likeness (QED) is 0.284. The summed E-state index contributed by atoms with van der Waals surface area (Å²) in [6, 6.07) is 21.0. The van der Waals surface area contributed by atoms with Crippen molar-refractivity contribution >= 4 is 27.5 Å². The third-order valence-corrected chi connectivity index (χ3v) is 6.23. The zero-order valence-electron chi connectivity index (χ0n) is 18.9. The fourth-order valence-electron chi connectivity index (χ4n) is 3.03. The van der Waals surface area contributed by atoms with Crippen molar-refractivity contribution in [1.82, 2.24) is 10.6 Å². The second kappa shape index (κ2) is 12.5. The minimum Gasteiger partial charge on any atom is -0.455 e. The van der Waals surface area contributed by atoms with Crippen LogP contribution < -0.4 is 20.1 Å². The van der Waals surface area contributed by atoms with Crippen molar-refractivity contribution in [3.63, 3.8) is 0 Å². The SMILES string of the molecule is O=C(CNC(=O)c1ccc(S(=O)(=O)Nc2ccccc2Oc2ccccc2)cc1)NCCCCO. The summed E-state index contributed by atoms with van der Waals surface area (Å²) >= 11 is 0. The molecule has 0 heterocycles. The van der Waals surface area contributed by atoms with Crippen molar-refractivity contribution in [2.45, 2.75) is 17.7 Å². The van der Waals surface area contributed by atoms with Crippen molar-refractivity contribution in [2.24, 2.45) is 0 Å². The van der Waals surface area contributed by atoms with Crippen LogP contribution in [0.5, 0.6) is 11.5 Å². The predicted molar refractivity (Wildman–Crippen MR) is 132 cm³/mol. The number of para-hydroxylation sites is 3. The first kappa shape index (κ1) is 25.7. The van der Waals surface area contributed by atoms with E-state index in [2.05, 4.69) is 15.4 Å². The van der Waals surface area contributed by atoms with E-state index in [-0.39, 0.29) is 35.2 Å². The number of carbonyl (C=O) groups excluding carboxylic acids is 2. The Bertz CT molecular complexity index is 1230. The lowest BCUT2D eigenvalue weighted by molar-refractivity contribution is -0.120. The standard InChI is InChI=1S/C25H27N3O6S/c29-17-7-6-16-26-24(30)18-27-25(31)19-12-14-21(15-13-19)35(32,33)28-22-10-4-5-11-23(22)34-20-8-2-1-3-9-20/h1-5,8-15,28-29H,6-7,16-18H2,(H,26,30)(H,27,31). The van der Waals surface area contributed by atoms with Gasteiger partial charge in [0.15, 0.2) is 5.75 Å². The highest BCUT2D eigenvalue weighted by Crippen LogP contribution is 2.30. The molecule has 4 N–H and O–H groups in total. The molecule has 0 aliphatic carbocycles. The molecule has 184 valence electrons. The molecule has 0 atom stereocenters. The Labute approximate surface area is 204 Å². The number of sulfonamides is 1. The van der Waals surface area contributed by atoms with Crippen LogP contribution in [0.2, 0.25) is 0 Å². The number of hydrogen-bond acceptors (Lipinski definition) is 6. The van der Waals surface area contributed by atoms with Crippen molar-refractivity contribution in [3.8, 4) is 11.5 Å². The van der Waals surface area contributed by atoms with Crippen molar-refractivity contribution in [3.05, 3.63) is 84.4 Å². The molecule has 0 fully saturated rings. The molecule has 0 spiro atoms. The monoisotopic (exact) mass is 497 g/mol. The minimum atomic E-state index is -3.96. The van der Waals surface area contributed by atoms with Gasteiger partial charge in [0.2, 0.25) is 5.91 Å². The number of carbonyl (C=O) groups is 2. The number of hydrogen-bond donors (Lipinski definition) is 4. The first-order chi connectivity index (χ1) is 16.9. The predicted octanol–water partition coefficient (Wildman–Crippen LogP) is 2.90. The Kier molecular flexibility index (Phi) is 9.22. The maximum Gasteiger partial charge on any atom is 0.262 e. The van der Waals surface area contributed by atoms with E-state index < -0.39 is 15.9 Å². The van der Waals surface area contributed by atoms with Gasteiger partial charge in [-0.1, -0.05) is 30.3 Å². The summed E-state index contributed by atoms with van der Waals surface area (Å²) in [5.41, 5.74) is 0.480. The number of nitrogens with one attached hydrogen (secondary N) is 3. The van der Waals surface area contributed by atoms with Crippen LogP contribution in [-0.4, -0.2) is 45.0 Å². The third kappa shape index (κ3) is 7.83. The second-order valence-electron chi connectivity index (χ2n) is 7.50. The maximum atomic E-state index is 12.9. The first-order valence-electron chi connectivity index (χ1n) is 11.0. The summed E-state index contributed by atoms with van der Waals surface area (Å²) in [7, 11) is -3.96. The smallest absolute Gasteiger partial charge is 0.262 e. The fraction of sp³-hybridized carbons (Fsp3) is 0.200. The number of aliphatic hydroxyl groups excluding tert-OH is 1. The van der Waals surface area contributed by atoms with Gasteiger partial charge in [-0.15, -0.1) is 0 Å². The van der Waals surface area contributed by atoms with E-state index in [1.165, 1.54) is 24.3 Å². The molecule has 0 unspecified atom stereocenters. The highest BCUT2D eigenvalue weighted by Gasteiger charge is 2.18. The van der Waals surface area contributed by atoms with Gasteiger partial charge in [0.05, 0.1) is 17.1 Å². The molecule has 0 bridgehead atoms. The fourth-order valence-corrected chi connectivity index (χ4v) is 4.10. The van der Waals surface area contributed by atoms with Gasteiger partial charge in [0.25, 0.3) is 15.9 Å². The lowest BCUT2D eigenvalue weighted by Gasteiger charge is -2.13. The van der Waals surface area contributed by atoms with Crippen molar-refractivity contribution < 1.29 is 27.9 Å². The molecule has 35 heavy (non-hydrogen) atoms. The second-order valence-corrected chi connectivity index (χ2v) is 9.19. The molecule has 3 aromatic carbocycles. The summed E-state index contributed by atoms with van der Waals surface area (Å²) in [5, 5.41) is 13.8. The molecular weight excluding hydrogens is 470 g/mol. The van der Waals surface area contributed by atoms with E-state index in [1.807, 2.05) is 18.2 Å². The molecular formula is C25H27N3O6S. The van der Waals surface area contributed by atoms with E-state index in [4.69, 9.17) is 9.84 Å². The van der Waals surface area contributed by atoms with Gasteiger partial charge >= 0.3 is 0 Å². The molecule has 9 nitrogen and oxygen atoms in total. The normalized spacial score (nSPS) is 10.9. The van der Waals surface area contributed by atoms with Crippen LogP contribution in [-0.2, 0) is 14.8 Å². The minimum absolute atomic E-state index is 0.0369. The molecule has 0 saturated carbocycles. The van der Waals surface area contributed by atoms with Crippen molar-refractivity contribution in [2.75, 3.05) is 24.4 Å². The average molecular weight is 498 g/mol. The molecule has 0 saturated heterocycles. The average Bonchev–Trinajstić information content (AvgIpc) is 2.87. The highest BCUT2D eigenvalue weighted by atomic mass is 32.2. The van der Waals surface area contributed by atoms with Crippen LogP contribution in [0.3, 0.4) is 0 Å². The number of ether oxygens (including phenoxy) is 1. The summed E-state index contributed by atoms with van der Waals surface area (Å²) in [4.78, 5) is 24.0. The summed E-state index contributed by atoms with van der Waals surface area (Å²) < 4.78 is 34.1. The summed E-state index contributed by atoms with van der Waals surface area (Å²) in [6.45, 7) is 0.258. The third-order valence-electron chi connectivity index (χ3n) is 4.85. The molecule has 0 radical (unpaired) electrons. The Hall–Kier alpha value is -3.89. The van der Waals surface area contributed by atoms with E-state index in [0.717, 1.165) is 0 Å². The van der Waals surface area contributed by atoms with Gasteiger partial charge in [-0.2, -0.15) is 0 Å². The number of amides is 2. The first-order valence-corrected chi connectivity index (χ1v) is 12.5. The van der Waals surface area contributed by atoms with Crippen LogP contribution in [0, 0.1) is 0 Å². The Morgan fingerprint density at radius 2 is 1.51 bits per heavy atom. The summed E-state index contributed by atoms with van der Waals surface area (Å²) in [5.74, 6) is 0.0476. The Morgan fingerprint density at radius 3 is 2.23 bits per heavy atom. The Morgan fingerprint density at radius 1 is 0.829 bits per heavy atom. The van der Waals surface area contributed by atoms with Gasteiger partial charge in [0.1, 0.15) is 5.75 Å². The van der Waals surface area contributed by atoms with E-state index in [9.17, 15) is 18.0 Å². The van der Waals surface area contributed by atoms with Crippen LogP contribution >= 0.6 is 0 Å². The lowest BCUT2D eigenvalue weighted by atomic mass is 10.2. The number of aliphatic hydroxyl groups is 1. The van der Waals surface area contributed by atoms with Gasteiger partial charge in [0, 0.05) is 18.7 Å². The van der Waals surface area contributed by atoms with Crippen LogP contribution in [0.15, 0.2) is 83.8 Å². The zero-order chi connectivity index (χ0) is 25.1. The number of rotatable bonds is 12. The van der Waals surface area contributed by atoms with Crippen LogP contribution in [0.25, 0.3) is 0 Å². The van der Waals surface area contributed by atoms with Crippen LogP contribution in [0.4, 0.5) is 5.69 Å². The Balaban J connectivity index is 1.61. The van der Waals surface area contributed by atoms with Gasteiger partial charge in [-0.05, 0) is 61.4 Å². The topological polar surface area (TPSA) is 134 Å². The number of anilines is 1. The number of unbranched alkanes of at least 4 members (excludes halogenated alkanes) is 1. The van der Waals surface area contributed by atoms with Crippen molar-refractivity contribution in [1.29, 1.82) is 0 Å². The van der Waals surface area contributed by atoms with Gasteiger partial charge in [-0.25, -0.2) is 8.42 Å². The maximum absolute atomic E-state index is 12.9. The lowest BCUT2D eigenvalue weighted by Crippen LogP contribution is -2.37. The van der Waals surface area contributed by atoms with Crippen LogP contribution in [0.1, 0.15) is 23.2 Å². The number of benzene rings is 3. The zero-order valence-corrected chi connectivity index (χ0v) is 19.8. The molecule has 0 aliphatic heterocycles. The van der Waals surface area contributed by atoms with Gasteiger partial charge < -0.3 is 20.5 Å². The van der Waals surface area contributed by atoms with E-state index in [1.54, 1.807) is 36.4 Å². The highest BCUT2D eigenvalue weighted by molar-refractivity contribution is 7.92. The van der Waals surface area contributed by atoms with E-state index in [0.29, 0.717) is 30.9 Å².